The van der Waals surface area contributed by atoms with E-state index in [9.17, 15) is 15.3 Å². The first kappa shape index (κ1) is 27.4. The van der Waals surface area contributed by atoms with Crippen LogP contribution in [-0.4, -0.2) is 61.5 Å². The van der Waals surface area contributed by atoms with Crippen LogP contribution in [0.3, 0.4) is 0 Å². The van der Waals surface area contributed by atoms with Crippen LogP contribution in [0.1, 0.15) is 95.0 Å². The van der Waals surface area contributed by atoms with Crippen LogP contribution in [-0.2, 0) is 27.7 Å². The maximum absolute atomic E-state index is 13.0. The highest BCUT2D eigenvalue weighted by Crippen LogP contribution is 2.75. The molecule has 43 heavy (non-hydrogen) atoms. The Balaban J connectivity index is 1.19. The van der Waals surface area contributed by atoms with Gasteiger partial charge in [0.15, 0.2) is 5.60 Å². The lowest BCUT2D eigenvalue weighted by Crippen LogP contribution is -2.76. The summed E-state index contributed by atoms with van der Waals surface area (Å²) in [5.41, 5.74) is 5.30. The van der Waals surface area contributed by atoms with Gasteiger partial charge < -0.3 is 29.8 Å². The van der Waals surface area contributed by atoms with Crippen LogP contribution >= 0.6 is 0 Å². The number of ether oxygens (including phenoxy) is 2. The highest BCUT2D eigenvalue weighted by Gasteiger charge is 2.86. The average Bonchev–Trinajstić information content (AvgIpc) is 3.48. The van der Waals surface area contributed by atoms with Crippen LogP contribution in [0.25, 0.3) is 10.9 Å². The molecule has 1 unspecified atom stereocenters. The first-order chi connectivity index (χ1) is 20.2. The van der Waals surface area contributed by atoms with Crippen molar-refractivity contribution in [3.63, 3.8) is 0 Å². The summed E-state index contributed by atoms with van der Waals surface area (Å²) in [6, 6.07) is 4.54. The van der Waals surface area contributed by atoms with Crippen LogP contribution in [0.2, 0.25) is 0 Å². The predicted molar refractivity (Wildman–Crippen MR) is 165 cm³/mol. The molecule has 6 nitrogen and oxygen atoms in total. The third-order valence-corrected chi connectivity index (χ3v) is 14.6. The van der Waals surface area contributed by atoms with Crippen molar-refractivity contribution in [1.29, 1.82) is 0 Å². The molecule has 9 rings (SSSR count). The van der Waals surface area contributed by atoms with E-state index in [4.69, 9.17) is 9.47 Å². The van der Waals surface area contributed by atoms with Crippen LogP contribution < -0.4 is 0 Å². The number of H-pyrrole nitrogens is 1. The van der Waals surface area contributed by atoms with E-state index in [2.05, 4.69) is 44.1 Å². The summed E-state index contributed by atoms with van der Waals surface area (Å²) in [7, 11) is 0. The zero-order valence-corrected chi connectivity index (χ0v) is 26.3. The molecule has 230 valence electrons. The lowest BCUT2D eigenvalue weighted by Gasteiger charge is -2.66. The third-order valence-electron chi connectivity index (χ3n) is 14.6. The molecule has 2 saturated heterocycles. The summed E-state index contributed by atoms with van der Waals surface area (Å²) in [6.45, 7) is 19.1. The summed E-state index contributed by atoms with van der Waals surface area (Å²) < 4.78 is 13.0. The molecule has 0 bridgehead atoms. The molecule has 4 N–H and O–H groups in total. The molecule has 12 atom stereocenters. The average molecular weight is 586 g/mol. The van der Waals surface area contributed by atoms with E-state index in [1.807, 2.05) is 20.8 Å². The summed E-state index contributed by atoms with van der Waals surface area (Å²) in [5.74, 6) is 1.34. The van der Waals surface area contributed by atoms with E-state index in [-0.39, 0.29) is 17.4 Å². The first-order valence-corrected chi connectivity index (χ1v) is 16.6. The van der Waals surface area contributed by atoms with Crippen molar-refractivity contribution >= 4 is 10.9 Å². The Hall–Kier alpha value is -1.96. The molecule has 1 aromatic heterocycles. The van der Waals surface area contributed by atoms with E-state index in [1.165, 1.54) is 38.9 Å². The van der Waals surface area contributed by atoms with E-state index >= 15 is 0 Å². The van der Waals surface area contributed by atoms with Gasteiger partial charge >= 0.3 is 0 Å². The van der Waals surface area contributed by atoms with E-state index in [0.717, 1.165) is 44.1 Å². The molecule has 1 spiro atoms. The maximum atomic E-state index is 13.0. The number of aromatic amines is 1. The number of allylic oxidation sites excluding steroid dienone is 1. The summed E-state index contributed by atoms with van der Waals surface area (Å²) >= 11 is 0. The molecule has 0 amide bonds. The van der Waals surface area contributed by atoms with Gasteiger partial charge in [0.05, 0.1) is 11.7 Å². The number of rotatable bonds is 2. The molecule has 2 aromatic rings. The van der Waals surface area contributed by atoms with Crippen LogP contribution in [0.15, 0.2) is 36.4 Å². The number of benzene rings is 1. The second kappa shape index (κ2) is 7.87. The third kappa shape index (κ3) is 2.83. The van der Waals surface area contributed by atoms with Crippen molar-refractivity contribution in [2.24, 2.45) is 23.2 Å². The fourth-order valence-corrected chi connectivity index (χ4v) is 12.1. The van der Waals surface area contributed by atoms with Gasteiger partial charge in [0.25, 0.3) is 0 Å². The van der Waals surface area contributed by atoms with E-state index < -0.39 is 40.5 Å². The molecular formula is C37H47NO5. The lowest BCUT2D eigenvalue weighted by molar-refractivity contribution is -0.265. The minimum absolute atomic E-state index is 0.213. The van der Waals surface area contributed by atoms with Gasteiger partial charge in [-0.25, -0.2) is 0 Å². The Morgan fingerprint density at radius 3 is 2.65 bits per heavy atom. The van der Waals surface area contributed by atoms with Crippen molar-refractivity contribution in [2.45, 2.75) is 132 Å². The van der Waals surface area contributed by atoms with Crippen LogP contribution in [0.4, 0.5) is 0 Å². The minimum Gasteiger partial charge on any atom is -0.390 e. The number of nitrogens with one attached hydrogen (secondary N) is 1. The highest BCUT2D eigenvalue weighted by atomic mass is 16.7. The van der Waals surface area contributed by atoms with Crippen molar-refractivity contribution in [2.75, 3.05) is 0 Å². The Labute approximate surface area is 254 Å². The molecule has 5 fully saturated rings. The first-order valence-electron chi connectivity index (χ1n) is 16.6. The lowest BCUT2D eigenvalue weighted by atomic mass is 9.40. The van der Waals surface area contributed by atoms with Crippen LogP contribution in [0, 0.1) is 23.2 Å². The van der Waals surface area contributed by atoms with Gasteiger partial charge in [-0.1, -0.05) is 38.6 Å². The summed E-state index contributed by atoms with van der Waals surface area (Å²) in [6.07, 6.45) is 4.13. The van der Waals surface area contributed by atoms with Gasteiger partial charge in [0, 0.05) is 27.4 Å². The normalized spacial score (nSPS) is 49.1. The number of aliphatic hydroxyl groups is 3. The second-order valence-corrected chi connectivity index (χ2v) is 16.6. The molecule has 5 aliphatic carbocycles. The SMILES string of the molecule is C=C1Cc2ccc3[nH]c4c(c3c2[C@@H]2[C@@H]1C[C@@H]2C(C)(C)O)C[C@@H]1CC[C@]2(O)[C@](C)(CC[C@@H]3O[C@H](C(=C)C)[C@H](O)C5O[C@@]532)[C@@]41C. The molecule has 0 radical (unpaired) electrons. The molecule has 6 heteroatoms. The quantitative estimate of drug-likeness (QED) is 0.281. The van der Waals surface area contributed by atoms with Crippen LogP contribution in [0.5, 0.6) is 0 Å². The standard InChI is InChI=1S/C37H47NO5/c1-17(2)30-29(39)32-37(43-32)25(42-30)11-12-34(6)35(7)20(10-13-36(34,37)41)15-22-28-24(38-31(22)35)9-8-19-14-18(3)21-16-23(33(4,5)40)27(21)26(19)28/h8-9,20-21,23,25,27,29-30,32,38-41H,1,3,10-16H2,2,4-7H3/t20-,21+,23-,25-,27+,29-,30+,32?,34+,35+,36-,37+/m0/s1. The van der Waals surface area contributed by atoms with Crippen molar-refractivity contribution in [3.8, 4) is 0 Å². The topological polar surface area (TPSA) is 98.2 Å². The molecule has 1 aromatic carbocycles. The number of aliphatic hydroxyl groups excluding tert-OH is 1. The highest BCUT2D eigenvalue weighted by molar-refractivity contribution is 5.91. The molecule has 7 aliphatic rings. The van der Waals surface area contributed by atoms with E-state index in [1.54, 1.807) is 0 Å². The Kier molecular flexibility index (Phi) is 5.01. The number of hydrogen-bond donors (Lipinski definition) is 4. The zero-order valence-electron chi connectivity index (χ0n) is 26.3. The van der Waals surface area contributed by atoms with Crippen molar-refractivity contribution in [1.82, 2.24) is 4.98 Å². The Morgan fingerprint density at radius 2 is 1.93 bits per heavy atom. The molecule has 3 saturated carbocycles. The van der Waals surface area contributed by atoms with Gasteiger partial charge in [0.2, 0.25) is 0 Å². The monoisotopic (exact) mass is 585 g/mol. The molecular weight excluding hydrogens is 538 g/mol. The van der Waals surface area contributed by atoms with Gasteiger partial charge in [-0.2, -0.15) is 0 Å². The molecule has 3 heterocycles. The fraction of sp³-hybridized carbons (Fsp3) is 0.676. The minimum atomic E-state index is -1.12. The summed E-state index contributed by atoms with van der Waals surface area (Å²) in [4.78, 5) is 3.97. The van der Waals surface area contributed by atoms with Gasteiger partial charge in [-0.05, 0) is 118 Å². The zero-order chi connectivity index (χ0) is 30.2. The number of hydrogen-bond acceptors (Lipinski definition) is 5. The van der Waals surface area contributed by atoms with E-state index in [0.29, 0.717) is 24.2 Å². The predicted octanol–water partition coefficient (Wildman–Crippen LogP) is 5.37. The number of aromatic nitrogens is 1. The Bertz CT molecular complexity index is 1630. The van der Waals surface area contributed by atoms with Crippen molar-refractivity contribution < 1.29 is 24.8 Å². The maximum Gasteiger partial charge on any atom is 0.153 e. The fourth-order valence-electron chi connectivity index (χ4n) is 12.1. The number of epoxide rings is 1. The summed E-state index contributed by atoms with van der Waals surface area (Å²) in [5, 5.41) is 36.9. The largest absolute Gasteiger partial charge is 0.390 e. The number of fused-ring (bicyclic) bond motifs is 11. The smallest absolute Gasteiger partial charge is 0.153 e. The molecule has 2 aliphatic heterocycles. The second-order valence-electron chi connectivity index (χ2n) is 16.6. The Morgan fingerprint density at radius 1 is 1.16 bits per heavy atom. The van der Waals surface area contributed by atoms with Gasteiger partial charge in [-0.15, -0.1) is 0 Å². The van der Waals surface area contributed by atoms with Gasteiger partial charge in [-0.3, -0.25) is 0 Å². The van der Waals surface area contributed by atoms with Gasteiger partial charge in [0.1, 0.15) is 23.9 Å². The van der Waals surface area contributed by atoms with Crippen molar-refractivity contribution in [3.05, 3.63) is 58.8 Å².